The first-order chi connectivity index (χ1) is 15.0. The van der Waals surface area contributed by atoms with Crippen LogP contribution in [0.2, 0.25) is 0 Å². The Bertz CT molecular complexity index is 883. The minimum Gasteiger partial charge on any atom is -0.444 e. The molecule has 2 atom stereocenters. The topological polar surface area (TPSA) is 129 Å². The van der Waals surface area contributed by atoms with Crippen molar-refractivity contribution in [1.82, 2.24) is 10.6 Å². The van der Waals surface area contributed by atoms with Gasteiger partial charge in [-0.25, -0.2) is 19.2 Å². The molecule has 0 aliphatic rings. The summed E-state index contributed by atoms with van der Waals surface area (Å²) >= 11 is 0. The van der Waals surface area contributed by atoms with Gasteiger partial charge in [0.25, 0.3) is 0 Å². The summed E-state index contributed by atoms with van der Waals surface area (Å²) in [6.45, 7) is 14.7. The number of amides is 2. The minimum absolute atomic E-state index is 0.0122. The zero-order chi connectivity index (χ0) is 25.6. The Morgan fingerprint density at radius 1 is 0.758 bits per heavy atom. The minimum atomic E-state index is -1.03. The van der Waals surface area contributed by atoms with E-state index in [9.17, 15) is 19.2 Å². The lowest BCUT2D eigenvalue weighted by molar-refractivity contribution is -0.139. The second kappa shape index (κ2) is 11.0. The third kappa shape index (κ3) is 10.2. The number of esters is 2. The molecule has 0 saturated heterocycles. The number of hydrogen-bond donors (Lipinski definition) is 2. The van der Waals surface area contributed by atoms with Gasteiger partial charge >= 0.3 is 24.1 Å². The van der Waals surface area contributed by atoms with Gasteiger partial charge < -0.3 is 29.6 Å². The summed E-state index contributed by atoms with van der Waals surface area (Å²) in [5, 5.41) is 4.77. The summed E-state index contributed by atoms with van der Waals surface area (Å²) < 4.78 is 21.0. The molecule has 1 rings (SSSR count). The highest BCUT2D eigenvalue weighted by atomic mass is 16.6. The summed E-state index contributed by atoms with van der Waals surface area (Å²) in [6.07, 6.45) is -1.55. The van der Waals surface area contributed by atoms with Crippen molar-refractivity contribution < 1.29 is 38.1 Å². The first-order valence-corrected chi connectivity index (χ1v) is 10.5. The van der Waals surface area contributed by atoms with Gasteiger partial charge in [0, 0.05) is 0 Å². The van der Waals surface area contributed by atoms with Crippen LogP contribution in [0.4, 0.5) is 9.59 Å². The normalized spacial score (nSPS) is 13.2. The van der Waals surface area contributed by atoms with E-state index in [-0.39, 0.29) is 11.5 Å². The van der Waals surface area contributed by atoms with E-state index < -0.39 is 47.4 Å². The van der Waals surface area contributed by atoms with Gasteiger partial charge in [0.1, 0.15) is 23.3 Å². The van der Waals surface area contributed by atoms with Crippen LogP contribution in [0.15, 0.2) is 18.2 Å². The van der Waals surface area contributed by atoms with Crippen molar-refractivity contribution in [2.45, 2.75) is 85.6 Å². The number of aryl methyl sites for hydroxylation is 1. The number of ether oxygens (including phenoxy) is 4. The van der Waals surface area contributed by atoms with Gasteiger partial charge in [0.2, 0.25) is 0 Å². The summed E-state index contributed by atoms with van der Waals surface area (Å²) in [5.74, 6) is -1.58. The molecule has 2 amide bonds. The third-order valence-corrected chi connectivity index (χ3v) is 3.76. The maximum atomic E-state index is 12.5. The van der Waals surface area contributed by atoms with E-state index in [2.05, 4.69) is 10.6 Å². The molecule has 0 radical (unpaired) electrons. The van der Waals surface area contributed by atoms with E-state index >= 15 is 0 Å². The van der Waals surface area contributed by atoms with Crippen LogP contribution >= 0.6 is 0 Å². The first kappa shape index (κ1) is 27.7. The molecule has 0 fully saturated rings. The van der Waals surface area contributed by atoms with E-state index in [1.54, 1.807) is 60.6 Å². The van der Waals surface area contributed by atoms with Crippen LogP contribution in [0.1, 0.15) is 61.0 Å². The molecule has 1 aromatic rings. The summed E-state index contributed by atoms with van der Waals surface area (Å²) in [6, 6.07) is 2.66. The summed E-state index contributed by atoms with van der Waals surface area (Å²) in [7, 11) is 0. The Balaban J connectivity index is 2.86. The Kier molecular flexibility index (Phi) is 9.26. The largest absolute Gasteiger partial charge is 0.444 e. The zero-order valence-electron chi connectivity index (χ0n) is 20.7. The van der Waals surface area contributed by atoms with Gasteiger partial charge in [0.05, 0.1) is 0 Å². The average Bonchev–Trinajstić information content (AvgIpc) is 2.60. The second-order valence-corrected chi connectivity index (χ2v) is 9.48. The van der Waals surface area contributed by atoms with E-state index in [4.69, 9.17) is 18.9 Å². The van der Waals surface area contributed by atoms with Crippen LogP contribution in [0.5, 0.6) is 11.5 Å². The van der Waals surface area contributed by atoms with Gasteiger partial charge in [-0.15, -0.1) is 0 Å². The highest BCUT2D eigenvalue weighted by Crippen LogP contribution is 2.31. The third-order valence-electron chi connectivity index (χ3n) is 3.76. The van der Waals surface area contributed by atoms with E-state index in [1.807, 2.05) is 0 Å². The highest BCUT2D eigenvalue weighted by Gasteiger charge is 2.26. The van der Waals surface area contributed by atoms with Crippen molar-refractivity contribution in [3.05, 3.63) is 23.8 Å². The molecule has 0 aromatic heterocycles. The predicted molar refractivity (Wildman–Crippen MR) is 120 cm³/mol. The Morgan fingerprint density at radius 2 is 1.18 bits per heavy atom. The molecule has 2 N–H and O–H groups in total. The fourth-order valence-electron chi connectivity index (χ4n) is 2.31. The summed E-state index contributed by atoms with van der Waals surface area (Å²) in [5.41, 5.74) is -0.934. The molecule has 0 aliphatic heterocycles. The molecule has 0 heterocycles. The number of alkyl carbamates (subject to hydrolysis) is 2. The lowest BCUT2D eigenvalue weighted by atomic mass is 10.2. The Morgan fingerprint density at radius 3 is 1.61 bits per heavy atom. The monoisotopic (exact) mass is 466 g/mol. The molecule has 10 nitrogen and oxygen atoms in total. The van der Waals surface area contributed by atoms with Crippen LogP contribution in [-0.4, -0.2) is 47.4 Å². The summed E-state index contributed by atoms with van der Waals surface area (Å²) in [4.78, 5) is 48.8. The Labute approximate surface area is 194 Å². The molecule has 0 aliphatic carbocycles. The number of hydrogen-bond acceptors (Lipinski definition) is 8. The van der Waals surface area contributed by atoms with E-state index in [0.717, 1.165) is 0 Å². The van der Waals surface area contributed by atoms with E-state index in [1.165, 1.54) is 19.9 Å². The number of benzene rings is 1. The van der Waals surface area contributed by atoms with Crippen LogP contribution in [-0.2, 0) is 19.1 Å². The number of nitrogens with one attached hydrogen (secondary N) is 2. The van der Waals surface area contributed by atoms with Gasteiger partial charge in [0.15, 0.2) is 11.5 Å². The van der Waals surface area contributed by atoms with Crippen molar-refractivity contribution >= 4 is 24.1 Å². The highest BCUT2D eigenvalue weighted by molar-refractivity contribution is 5.85. The van der Waals surface area contributed by atoms with Crippen LogP contribution in [0.3, 0.4) is 0 Å². The van der Waals surface area contributed by atoms with Crippen molar-refractivity contribution in [3.8, 4) is 11.5 Å². The molecular formula is C23H34N2O8. The van der Waals surface area contributed by atoms with E-state index in [0.29, 0.717) is 5.56 Å². The zero-order valence-corrected chi connectivity index (χ0v) is 20.7. The smallest absolute Gasteiger partial charge is 0.408 e. The molecule has 1 aromatic carbocycles. The number of rotatable bonds is 6. The average molecular weight is 467 g/mol. The predicted octanol–water partition coefficient (Wildman–Crippen LogP) is 3.63. The van der Waals surface area contributed by atoms with Gasteiger partial charge in [-0.2, -0.15) is 0 Å². The maximum absolute atomic E-state index is 12.5. The number of carbonyl (C=O) groups is 4. The van der Waals surface area contributed by atoms with Crippen LogP contribution in [0.25, 0.3) is 0 Å². The van der Waals surface area contributed by atoms with Crippen LogP contribution < -0.4 is 20.1 Å². The lowest BCUT2D eigenvalue weighted by Gasteiger charge is -2.22. The van der Waals surface area contributed by atoms with Crippen molar-refractivity contribution in [2.24, 2.45) is 0 Å². The molecule has 0 bridgehead atoms. The van der Waals surface area contributed by atoms with Gasteiger partial charge in [-0.05, 0) is 73.9 Å². The molecule has 10 heteroatoms. The maximum Gasteiger partial charge on any atom is 0.408 e. The molecule has 33 heavy (non-hydrogen) atoms. The fraction of sp³-hybridized carbons (Fsp3) is 0.565. The first-order valence-electron chi connectivity index (χ1n) is 10.5. The quantitative estimate of drug-likeness (QED) is 0.480. The van der Waals surface area contributed by atoms with Gasteiger partial charge in [-0.1, -0.05) is 12.1 Å². The number of para-hydroxylation sites is 1. The van der Waals surface area contributed by atoms with Crippen molar-refractivity contribution in [1.29, 1.82) is 0 Å². The SMILES string of the molecule is Cc1cccc(OC(=O)C(C)NC(=O)OC(C)(C)C)c1OC(=O)C(C)NC(=O)OC(C)(C)C. The van der Waals surface area contributed by atoms with Gasteiger partial charge in [-0.3, -0.25) is 0 Å². The molecular weight excluding hydrogens is 432 g/mol. The van der Waals surface area contributed by atoms with Crippen LogP contribution in [0, 0.1) is 6.92 Å². The molecule has 0 saturated carbocycles. The molecule has 2 unspecified atom stereocenters. The fourth-order valence-corrected chi connectivity index (χ4v) is 2.31. The second-order valence-electron chi connectivity index (χ2n) is 9.48. The lowest BCUT2D eigenvalue weighted by Crippen LogP contribution is -2.44. The van der Waals surface area contributed by atoms with Crippen molar-refractivity contribution in [2.75, 3.05) is 0 Å². The molecule has 0 spiro atoms. The standard InChI is InChI=1S/C23H34N2O8/c1-13-11-10-12-16(30-18(26)14(2)24-20(28)32-22(4,5)6)17(13)31-19(27)15(3)25-21(29)33-23(7,8)9/h10-12,14-15H,1-9H3,(H,24,28)(H,25,29). The van der Waals surface area contributed by atoms with Crippen molar-refractivity contribution in [3.63, 3.8) is 0 Å². The Hall–Kier alpha value is -3.30. The number of carbonyl (C=O) groups excluding carboxylic acids is 4. The molecule has 184 valence electrons.